The van der Waals surface area contributed by atoms with Gasteiger partial charge in [-0.25, -0.2) is 13.5 Å². The number of rotatable bonds is 3. The largest absolute Gasteiger partial charge is 0.282 e. The second-order valence-corrected chi connectivity index (χ2v) is 4.89. The van der Waals surface area contributed by atoms with Crippen molar-refractivity contribution in [1.82, 2.24) is 9.78 Å². The summed E-state index contributed by atoms with van der Waals surface area (Å²) in [6, 6.07) is 17.6. The average Bonchev–Trinajstić information content (AvgIpc) is 2.94. The van der Waals surface area contributed by atoms with Crippen molar-refractivity contribution in [1.29, 1.82) is 0 Å². The molecule has 0 aliphatic carbocycles. The van der Waals surface area contributed by atoms with E-state index in [1.165, 1.54) is 10.7 Å². The van der Waals surface area contributed by atoms with Crippen LogP contribution in [-0.4, -0.2) is 9.78 Å². The van der Waals surface area contributed by atoms with Crippen molar-refractivity contribution in [2.45, 2.75) is 6.43 Å². The minimum absolute atomic E-state index is 0.270. The van der Waals surface area contributed by atoms with E-state index in [0.717, 1.165) is 0 Å². The maximum atomic E-state index is 13.0. The Bertz CT molecular complexity index is 754. The van der Waals surface area contributed by atoms with E-state index in [1.807, 2.05) is 36.4 Å². The molecule has 2 aromatic carbocycles. The van der Waals surface area contributed by atoms with Gasteiger partial charge in [-0.3, -0.25) is 0 Å². The molecule has 0 spiro atoms. The third kappa shape index (κ3) is 2.67. The highest BCUT2D eigenvalue weighted by molar-refractivity contribution is 6.33. The summed E-state index contributed by atoms with van der Waals surface area (Å²) in [5.74, 6) is 0. The van der Waals surface area contributed by atoms with E-state index in [1.54, 1.807) is 18.2 Å². The Balaban J connectivity index is 2.22. The minimum Gasteiger partial charge on any atom is -0.233 e. The summed E-state index contributed by atoms with van der Waals surface area (Å²) in [7, 11) is 0. The van der Waals surface area contributed by atoms with Gasteiger partial charge in [-0.15, -0.1) is 0 Å². The first kappa shape index (κ1) is 13.8. The lowest BCUT2D eigenvalue weighted by atomic mass is 10.1. The molecule has 0 unspecified atom stereocenters. The van der Waals surface area contributed by atoms with Crippen molar-refractivity contribution in [3.8, 4) is 16.9 Å². The van der Waals surface area contributed by atoms with Gasteiger partial charge >= 0.3 is 0 Å². The van der Waals surface area contributed by atoms with Crippen LogP contribution >= 0.6 is 11.6 Å². The first-order chi connectivity index (χ1) is 10.2. The Labute approximate surface area is 125 Å². The van der Waals surface area contributed by atoms with Crippen LogP contribution in [0.5, 0.6) is 0 Å². The number of aromatic nitrogens is 2. The van der Waals surface area contributed by atoms with Crippen molar-refractivity contribution < 1.29 is 8.78 Å². The van der Waals surface area contributed by atoms with Crippen LogP contribution in [0, 0.1) is 0 Å². The van der Waals surface area contributed by atoms with E-state index in [4.69, 9.17) is 11.6 Å². The highest BCUT2D eigenvalue weighted by atomic mass is 35.5. The summed E-state index contributed by atoms with van der Waals surface area (Å²) >= 11 is 6.18. The molecule has 0 amide bonds. The molecule has 0 bridgehead atoms. The van der Waals surface area contributed by atoms with E-state index < -0.39 is 6.43 Å². The number of hydrogen-bond donors (Lipinski definition) is 0. The molecule has 0 aliphatic heterocycles. The highest BCUT2D eigenvalue weighted by Gasteiger charge is 2.18. The Hall–Kier alpha value is -2.20. The average molecular weight is 305 g/mol. The van der Waals surface area contributed by atoms with Crippen LogP contribution in [0.2, 0.25) is 5.02 Å². The molecule has 0 aliphatic rings. The van der Waals surface area contributed by atoms with Gasteiger partial charge in [0.05, 0.1) is 11.4 Å². The highest BCUT2D eigenvalue weighted by Crippen LogP contribution is 2.32. The molecule has 1 heterocycles. The molecule has 3 rings (SSSR count). The molecule has 0 fully saturated rings. The molecule has 3 aromatic rings. The maximum absolute atomic E-state index is 13.0. The van der Waals surface area contributed by atoms with Gasteiger partial charge in [0.15, 0.2) is 0 Å². The van der Waals surface area contributed by atoms with Gasteiger partial charge in [0.2, 0.25) is 0 Å². The maximum Gasteiger partial charge on any atom is 0.282 e. The van der Waals surface area contributed by atoms with Gasteiger partial charge in [0.1, 0.15) is 5.69 Å². The molecule has 1 aromatic heterocycles. The summed E-state index contributed by atoms with van der Waals surface area (Å²) in [6.07, 6.45) is -2.63. The quantitative estimate of drug-likeness (QED) is 0.656. The van der Waals surface area contributed by atoms with E-state index in [2.05, 4.69) is 5.10 Å². The van der Waals surface area contributed by atoms with E-state index >= 15 is 0 Å². The molecule has 106 valence electrons. The molecule has 2 nitrogen and oxygen atoms in total. The van der Waals surface area contributed by atoms with Crippen molar-refractivity contribution in [2.24, 2.45) is 0 Å². The number of para-hydroxylation sites is 1. The first-order valence-electron chi connectivity index (χ1n) is 6.35. The Morgan fingerprint density at radius 1 is 0.952 bits per heavy atom. The van der Waals surface area contributed by atoms with Crippen molar-refractivity contribution >= 4 is 11.6 Å². The molecular weight excluding hydrogens is 294 g/mol. The third-order valence-electron chi connectivity index (χ3n) is 3.10. The molecule has 21 heavy (non-hydrogen) atoms. The second-order valence-electron chi connectivity index (χ2n) is 4.48. The van der Waals surface area contributed by atoms with Crippen LogP contribution in [0.4, 0.5) is 8.78 Å². The van der Waals surface area contributed by atoms with Gasteiger partial charge in [0, 0.05) is 10.6 Å². The molecule has 0 atom stereocenters. The lowest BCUT2D eigenvalue weighted by Gasteiger charge is -2.08. The topological polar surface area (TPSA) is 17.8 Å². The molecule has 5 heteroatoms. The summed E-state index contributed by atoms with van der Waals surface area (Å²) in [5.41, 5.74) is 1.65. The van der Waals surface area contributed by atoms with Crippen molar-refractivity contribution in [3.05, 3.63) is 71.4 Å². The van der Waals surface area contributed by atoms with Crippen molar-refractivity contribution in [3.63, 3.8) is 0 Å². The zero-order valence-corrected chi connectivity index (χ0v) is 11.6. The predicted octanol–water partition coefficient (Wildman–Crippen LogP) is 5.13. The van der Waals surface area contributed by atoms with Gasteiger partial charge in [-0.1, -0.05) is 48.0 Å². The number of alkyl halides is 2. The summed E-state index contributed by atoms with van der Waals surface area (Å²) in [4.78, 5) is 0. The van der Waals surface area contributed by atoms with E-state index in [0.29, 0.717) is 22.0 Å². The Morgan fingerprint density at radius 3 is 2.29 bits per heavy atom. The van der Waals surface area contributed by atoms with Gasteiger partial charge in [-0.2, -0.15) is 5.10 Å². The van der Waals surface area contributed by atoms with Crippen LogP contribution in [0.1, 0.15) is 12.1 Å². The standard InChI is InChI=1S/C16H11ClF2N2/c17-13-9-5-4-8-12(13)15-10-14(16(18)19)20-21(15)11-6-2-1-3-7-11/h1-10,16H. The number of nitrogens with zero attached hydrogens (tertiary/aromatic N) is 2. The Morgan fingerprint density at radius 2 is 1.62 bits per heavy atom. The number of benzene rings is 2. The van der Waals surface area contributed by atoms with E-state index in [9.17, 15) is 8.78 Å². The SMILES string of the molecule is FC(F)c1cc(-c2ccccc2Cl)n(-c2ccccc2)n1. The third-order valence-corrected chi connectivity index (χ3v) is 3.43. The summed E-state index contributed by atoms with van der Waals surface area (Å²) in [6.45, 7) is 0. The lowest BCUT2D eigenvalue weighted by Crippen LogP contribution is -1.99. The van der Waals surface area contributed by atoms with Crippen LogP contribution in [0.3, 0.4) is 0 Å². The molecular formula is C16H11ClF2N2. The lowest BCUT2D eigenvalue weighted by molar-refractivity contribution is 0.145. The second kappa shape index (κ2) is 5.66. The zero-order chi connectivity index (χ0) is 14.8. The smallest absolute Gasteiger partial charge is 0.233 e. The number of halogens is 3. The molecule has 0 N–H and O–H groups in total. The summed E-state index contributed by atoms with van der Waals surface area (Å²) < 4.78 is 27.5. The van der Waals surface area contributed by atoms with Crippen LogP contribution < -0.4 is 0 Å². The van der Waals surface area contributed by atoms with Crippen LogP contribution in [0.15, 0.2) is 60.7 Å². The van der Waals surface area contributed by atoms with Gasteiger partial charge in [-0.05, 0) is 24.3 Å². The van der Waals surface area contributed by atoms with Crippen LogP contribution in [0.25, 0.3) is 16.9 Å². The zero-order valence-electron chi connectivity index (χ0n) is 10.9. The summed E-state index contributed by atoms with van der Waals surface area (Å²) in [5, 5.41) is 4.50. The predicted molar refractivity (Wildman–Crippen MR) is 79.0 cm³/mol. The van der Waals surface area contributed by atoms with Crippen molar-refractivity contribution in [2.75, 3.05) is 0 Å². The van der Waals surface area contributed by atoms with Crippen LogP contribution in [-0.2, 0) is 0 Å². The molecule has 0 saturated heterocycles. The van der Waals surface area contributed by atoms with E-state index in [-0.39, 0.29) is 5.69 Å². The first-order valence-corrected chi connectivity index (χ1v) is 6.73. The monoisotopic (exact) mass is 304 g/mol. The van der Waals surface area contributed by atoms with Gasteiger partial charge in [0.25, 0.3) is 6.43 Å². The molecule has 0 saturated carbocycles. The fourth-order valence-corrected chi connectivity index (χ4v) is 2.37. The minimum atomic E-state index is -2.63. The fraction of sp³-hybridized carbons (Fsp3) is 0.0625. The normalized spacial score (nSPS) is 11.0. The Kier molecular flexibility index (Phi) is 3.71. The van der Waals surface area contributed by atoms with Gasteiger partial charge < -0.3 is 0 Å². The molecule has 0 radical (unpaired) electrons. The fourth-order valence-electron chi connectivity index (χ4n) is 2.13. The number of hydrogen-bond acceptors (Lipinski definition) is 1.